The Morgan fingerprint density at radius 3 is 2.52 bits per heavy atom. The van der Waals surface area contributed by atoms with Crippen LogP contribution in [-0.4, -0.2) is 40.6 Å². The first kappa shape index (κ1) is 19.4. The molecule has 1 fully saturated rings. The van der Waals surface area contributed by atoms with Crippen LogP contribution in [0, 0.1) is 18.3 Å². The van der Waals surface area contributed by atoms with Gasteiger partial charge in [0.25, 0.3) is 0 Å². The normalized spacial score (nSPS) is 24.3. The summed E-state index contributed by atoms with van der Waals surface area (Å²) in [4.78, 5) is 26.5. The summed E-state index contributed by atoms with van der Waals surface area (Å²) in [5.41, 5.74) is 0.674. The van der Waals surface area contributed by atoms with Crippen LogP contribution in [0.4, 0.5) is 0 Å². The molecule has 1 aromatic rings. The average molecular weight is 347 g/mol. The minimum Gasteiger partial charge on any atom is -0.481 e. The van der Waals surface area contributed by atoms with E-state index in [1.807, 2.05) is 19.1 Å². The number of hydrogen-bond acceptors (Lipinski definition) is 4. The summed E-state index contributed by atoms with van der Waals surface area (Å²) in [6.07, 6.45) is -0.0922. The van der Waals surface area contributed by atoms with E-state index in [9.17, 15) is 14.7 Å². The number of carboxylic acids is 1. The molecular formula is C20H29NO4. The van der Waals surface area contributed by atoms with Gasteiger partial charge in [-0.3, -0.25) is 14.5 Å². The fourth-order valence-corrected chi connectivity index (χ4v) is 3.55. The highest BCUT2D eigenvalue weighted by Gasteiger charge is 2.52. The van der Waals surface area contributed by atoms with E-state index < -0.39 is 23.0 Å². The number of carboxylic acid groups (broad SMARTS) is 1. The molecule has 0 radical (unpaired) electrons. The standard InChI is InChI=1S/C20H29NO4/c1-14-8-6-7-9-16(14)12-21-11-15(2)20(13-21,18(23)24)10-17(22)25-19(3,4)5/h6-9,15H,10-13H2,1-5H3,(H,23,24)/t15-,20+/m0/s1. The number of ether oxygens (including phenoxy) is 1. The number of aryl methyl sites for hydroxylation is 1. The SMILES string of the molecule is Cc1ccccc1CN1C[C@H](C)[C@](CC(=O)OC(C)(C)C)(C(=O)O)C1. The van der Waals surface area contributed by atoms with Gasteiger partial charge >= 0.3 is 11.9 Å². The number of rotatable bonds is 5. The van der Waals surface area contributed by atoms with Gasteiger partial charge in [0, 0.05) is 19.6 Å². The Balaban J connectivity index is 2.15. The predicted octanol–water partition coefficient (Wildman–Crippen LogP) is 3.25. The zero-order chi connectivity index (χ0) is 18.8. The molecule has 138 valence electrons. The first-order chi connectivity index (χ1) is 11.5. The summed E-state index contributed by atoms with van der Waals surface area (Å²) >= 11 is 0. The molecule has 2 atom stereocenters. The lowest BCUT2D eigenvalue weighted by Gasteiger charge is -2.29. The van der Waals surface area contributed by atoms with Crippen LogP contribution < -0.4 is 0 Å². The molecule has 0 amide bonds. The third kappa shape index (κ3) is 4.60. The van der Waals surface area contributed by atoms with Gasteiger partial charge in [0.05, 0.1) is 11.8 Å². The Labute approximate surface area is 150 Å². The number of hydrogen-bond donors (Lipinski definition) is 1. The molecule has 25 heavy (non-hydrogen) atoms. The van der Waals surface area contributed by atoms with Crippen molar-refractivity contribution in [2.24, 2.45) is 11.3 Å². The van der Waals surface area contributed by atoms with Crippen LogP contribution in [0.2, 0.25) is 0 Å². The number of likely N-dealkylation sites (tertiary alicyclic amines) is 1. The topological polar surface area (TPSA) is 66.8 Å². The Kier molecular flexibility index (Phi) is 5.57. The molecule has 1 aliphatic rings. The van der Waals surface area contributed by atoms with Gasteiger partial charge in [-0.25, -0.2) is 0 Å². The fourth-order valence-electron chi connectivity index (χ4n) is 3.55. The number of aliphatic carboxylic acids is 1. The van der Waals surface area contributed by atoms with Crippen LogP contribution in [-0.2, 0) is 20.9 Å². The Morgan fingerprint density at radius 1 is 1.32 bits per heavy atom. The van der Waals surface area contributed by atoms with Crippen LogP contribution in [0.5, 0.6) is 0 Å². The van der Waals surface area contributed by atoms with E-state index in [1.54, 1.807) is 20.8 Å². The molecule has 0 saturated carbocycles. The summed E-state index contributed by atoms with van der Waals surface area (Å²) in [6, 6.07) is 8.11. The first-order valence-electron chi connectivity index (χ1n) is 8.75. The van der Waals surface area contributed by atoms with Gasteiger partial charge in [-0.1, -0.05) is 31.2 Å². The number of nitrogens with zero attached hydrogens (tertiary/aromatic N) is 1. The van der Waals surface area contributed by atoms with E-state index >= 15 is 0 Å². The van der Waals surface area contributed by atoms with E-state index in [0.717, 1.165) is 0 Å². The van der Waals surface area contributed by atoms with Gasteiger partial charge < -0.3 is 9.84 Å². The maximum atomic E-state index is 12.3. The number of esters is 1. The summed E-state index contributed by atoms with van der Waals surface area (Å²) in [5, 5.41) is 9.89. The van der Waals surface area contributed by atoms with Crippen molar-refractivity contribution < 1.29 is 19.4 Å². The second-order valence-corrected chi connectivity index (χ2v) is 8.22. The molecule has 0 spiro atoms. The van der Waals surface area contributed by atoms with Gasteiger partial charge in [0.1, 0.15) is 5.60 Å². The number of carbonyl (C=O) groups is 2. The summed E-state index contributed by atoms with van der Waals surface area (Å²) < 4.78 is 5.38. The molecule has 1 saturated heterocycles. The third-order valence-corrected chi connectivity index (χ3v) is 4.94. The lowest BCUT2D eigenvalue weighted by atomic mass is 9.76. The largest absolute Gasteiger partial charge is 0.481 e. The average Bonchev–Trinajstić information content (AvgIpc) is 2.76. The van der Waals surface area contributed by atoms with E-state index in [1.165, 1.54) is 11.1 Å². The second kappa shape index (κ2) is 7.16. The van der Waals surface area contributed by atoms with Crippen molar-refractivity contribution in [2.75, 3.05) is 13.1 Å². The summed E-state index contributed by atoms with van der Waals surface area (Å²) in [6.45, 7) is 11.1. The highest BCUT2D eigenvalue weighted by Crippen LogP contribution is 2.40. The molecule has 0 unspecified atom stereocenters. The third-order valence-electron chi connectivity index (χ3n) is 4.94. The van der Waals surface area contributed by atoms with E-state index in [2.05, 4.69) is 24.0 Å². The van der Waals surface area contributed by atoms with Gasteiger partial charge in [-0.2, -0.15) is 0 Å². The van der Waals surface area contributed by atoms with E-state index in [-0.39, 0.29) is 12.3 Å². The fraction of sp³-hybridized carbons (Fsp3) is 0.600. The Morgan fingerprint density at radius 2 is 1.96 bits per heavy atom. The quantitative estimate of drug-likeness (QED) is 0.828. The molecule has 0 aliphatic carbocycles. The van der Waals surface area contributed by atoms with Crippen molar-refractivity contribution in [1.82, 2.24) is 4.90 Å². The van der Waals surface area contributed by atoms with Crippen molar-refractivity contribution in [3.8, 4) is 0 Å². The van der Waals surface area contributed by atoms with Crippen molar-refractivity contribution in [3.05, 3.63) is 35.4 Å². The van der Waals surface area contributed by atoms with Crippen molar-refractivity contribution >= 4 is 11.9 Å². The van der Waals surface area contributed by atoms with Crippen LogP contribution in [0.1, 0.15) is 45.2 Å². The van der Waals surface area contributed by atoms with Gasteiger partial charge in [-0.15, -0.1) is 0 Å². The summed E-state index contributed by atoms with van der Waals surface area (Å²) in [7, 11) is 0. The first-order valence-corrected chi connectivity index (χ1v) is 8.75. The molecule has 0 aromatic heterocycles. The van der Waals surface area contributed by atoms with Crippen molar-refractivity contribution in [2.45, 2.75) is 53.2 Å². The van der Waals surface area contributed by atoms with Gasteiger partial charge in [0.2, 0.25) is 0 Å². The molecule has 5 heteroatoms. The molecule has 2 rings (SSSR count). The zero-order valence-corrected chi connectivity index (χ0v) is 15.8. The molecule has 1 aromatic carbocycles. The van der Waals surface area contributed by atoms with Crippen molar-refractivity contribution in [3.63, 3.8) is 0 Å². The Bertz CT molecular complexity index is 649. The van der Waals surface area contributed by atoms with E-state index in [4.69, 9.17) is 4.74 Å². The minimum absolute atomic E-state index is 0.0922. The van der Waals surface area contributed by atoms with Crippen molar-refractivity contribution in [1.29, 1.82) is 0 Å². The molecule has 1 N–H and O–H groups in total. The Hall–Kier alpha value is -1.88. The van der Waals surface area contributed by atoms with Crippen LogP contribution in [0.15, 0.2) is 24.3 Å². The van der Waals surface area contributed by atoms with Crippen LogP contribution in [0.3, 0.4) is 0 Å². The maximum Gasteiger partial charge on any atom is 0.311 e. The van der Waals surface area contributed by atoms with Gasteiger partial charge in [0.15, 0.2) is 0 Å². The van der Waals surface area contributed by atoms with Gasteiger partial charge in [-0.05, 0) is 44.7 Å². The molecule has 1 heterocycles. The minimum atomic E-state index is -1.09. The van der Waals surface area contributed by atoms with E-state index in [0.29, 0.717) is 19.6 Å². The monoisotopic (exact) mass is 347 g/mol. The number of benzene rings is 1. The second-order valence-electron chi connectivity index (χ2n) is 8.22. The zero-order valence-electron chi connectivity index (χ0n) is 15.8. The molecular weight excluding hydrogens is 318 g/mol. The lowest BCUT2D eigenvalue weighted by Crippen LogP contribution is -2.41. The predicted molar refractivity (Wildman–Crippen MR) is 96.2 cm³/mol. The van der Waals surface area contributed by atoms with Crippen LogP contribution >= 0.6 is 0 Å². The molecule has 1 aliphatic heterocycles. The van der Waals surface area contributed by atoms with Crippen LogP contribution in [0.25, 0.3) is 0 Å². The number of carbonyl (C=O) groups excluding carboxylic acids is 1. The maximum absolute atomic E-state index is 12.3. The molecule has 0 bridgehead atoms. The smallest absolute Gasteiger partial charge is 0.311 e. The summed E-state index contributed by atoms with van der Waals surface area (Å²) in [5.74, 6) is -1.49. The highest BCUT2D eigenvalue weighted by molar-refractivity contribution is 5.83. The highest BCUT2D eigenvalue weighted by atomic mass is 16.6. The lowest BCUT2D eigenvalue weighted by molar-refractivity contribution is -0.166. The molecule has 5 nitrogen and oxygen atoms in total.